The van der Waals surface area contributed by atoms with Crippen molar-refractivity contribution in [2.45, 2.75) is 38.0 Å². The van der Waals surface area contributed by atoms with E-state index in [1.807, 2.05) is 0 Å². The molecule has 0 bridgehead atoms. The zero-order valence-corrected chi connectivity index (χ0v) is 16.8. The molecule has 1 heterocycles. The maximum Gasteiger partial charge on any atom is 0.122 e. The summed E-state index contributed by atoms with van der Waals surface area (Å²) >= 11 is 0. The number of hydrogen-bond donors (Lipinski definition) is 1. The Morgan fingerprint density at radius 2 is 2.04 bits per heavy atom. The van der Waals surface area contributed by atoms with Crippen LogP contribution in [0.3, 0.4) is 0 Å². The molecule has 1 atom stereocenters. The van der Waals surface area contributed by atoms with E-state index in [2.05, 4.69) is 30.6 Å². The van der Waals surface area contributed by atoms with E-state index in [4.69, 9.17) is 4.74 Å². The largest absolute Gasteiger partial charge is 1.00 e. The van der Waals surface area contributed by atoms with E-state index < -0.39 is 0 Å². The highest BCUT2D eigenvalue weighted by atomic mass is 127. The summed E-state index contributed by atoms with van der Waals surface area (Å²) in [5, 5.41) is 3.48. The molecule has 1 aliphatic carbocycles. The minimum absolute atomic E-state index is 0. The molecule has 23 heavy (non-hydrogen) atoms. The lowest BCUT2D eigenvalue weighted by Gasteiger charge is -2.38. The highest BCUT2D eigenvalue weighted by Crippen LogP contribution is 2.38. The summed E-state index contributed by atoms with van der Waals surface area (Å²) in [4.78, 5) is 0. The number of hydrogen-bond acceptors (Lipinski definition) is 2. The molecular formula is C19H31IN2O. The van der Waals surface area contributed by atoms with Crippen LogP contribution in [0.2, 0.25) is 0 Å². The second-order valence-electron chi connectivity index (χ2n) is 7.30. The van der Waals surface area contributed by atoms with Gasteiger partial charge in [0.15, 0.2) is 0 Å². The predicted octanol–water partition coefficient (Wildman–Crippen LogP) is -0.0509. The number of rotatable bonds is 5. The number of fused-ring (bicyclic) bond motifs is 1. The first-order chi connectivity index (χ1) is 10.7. The van der Waals surface area contributed by atoms with Crippen molar-refractivity contribution in [3.8, 4) is 5.75 Å². The summed E-state index contributed by atoms with van der Waals surface area (Å²) in [7, 11) is 4.23. The van der Waals surface area contributed by atoms with Gasteiger partial charge in [-0.05, 0) is 55.2 Å². The van der Waals surface area contributed by atoms with Gasteiger partial charge < -0.3 is 38.5 Å². The monoisotopic (exact) mass is 430 g/mol. The molecule has 1 saturated heterocycles. The van der Waals surface area contributed by atoms with Crippen molar-refractivity contribution in [2.24, 2.45) is 0 Å². The van der Waals surface area contributed by atoms with E-state index in [1.165, 1.54) is 74.9 Å². The molecule has 0 spiro atoms. The van der Waals surface area contributed by atoms with Crippen molar-refractivity contribution in [1.82, 2.24) is 5.32 Å². The van der Waals surface area contributed by atoms with Crippen LogP contribution in [0.4, 0.5) is 0 Å². The van der Waals surface area contributed by atoms with Gasteiger partial charge in [0.05, 0.1) is 33.8 Å². The topological polar surface area (TPSA) is 21.3 Å². The SMILES string of the molecule is COc1cccc2c1CCCC2CCC[N+]1(C)CCNCC1.[I-]. The zero-order valence-electron chi connectivity index (χ0n) is 14.6. The maximum absolute atomic E-state index is 5.57. The Morgan fingerprint density at radius 3 is 2.78 bits per heavy atom. The van der Waals surface area contributed by atoms with Gasteiger partial charge in [-0.15, -0.1) is 0 Å². The number of methoxy groups -OCH3 is 1. The van der Waals surface area contributed by atoms with Gasteiger partial charge in [0.25, 0.3) is 0 Å². The molecule has 0 radical (unpaired) electrons. The van der Waals surface area contributed by atoms with Crippen LogP contribution < -0.4 is 34.0 Å². The van der Waals surface area contributed by atoms with E-state index in [0.717, 1.165) is 11.7 Å². The fraction of sp³-hybridized carbons (Fsp3) is 0.684. The molecule has 0 saturated carbocycles. The minimum atomic E-state index is 0. The highest BCUT2D eigenvalue weighted by molar-refractivity contribution is 5.43. The van der Waals surface area contributed by atoms with Crippen LogP contribution in [0.1, 0.15) is 42.7 Å². The second kappa shape index (κ2) is 8.67. The Morgan fingerprint density at radius 1 is 1.26 bits per heavy atom. The summed E-state index contributed by atoms with van der Waals surface area (Å²) in [6.45, 7) is 6.27. The van der Waals surface area contributed by atoms with Crippen LogP contribution in [0.25, 0.3) is 0 Å². The molecule has 1 N–H and O–H groups in total. The van der Waals surface area contributed by atoms with Crippen molar-refractivity contribution in [3.05, 3.63) is 29.3 Å². The molecule has 1 aromatic carbocycles. The van der Waals surface area contributed by atoms with Crippen molar-refractivity contribution in [3.63, 3.8) is 0 Å². The van der Waals surface area contributed by atoms with E-state index in [0.29, 0.717) is 0 Å². The first kappa shape index (κ1) is 19.0. The third-order valence-corrected chi connectivity index (χ3v) is 5.72. The van der Waals surface area contributed by atoms with Crippen molar-refractivity contribution in [2.75, 3.05) is 46.9 Å². The van der Waals surface area contributed by atoms with Gasteiger partial charge in [0, 0.05) is 13.1 Å². The number of nitrogens with zero attached hydrogens (tertiary/aromatic N) is 1. The van der Waals surface area contributed by atoms with Crippen molar-refractivity contribution in [1.29, 1.82) is 0 Å². The van der Waals surface area contributed by atoms with Gasteiger partial charge >= 0.3 is 0 Å². The van der Waals surface area contributed by atoms with E-state index in [9.17, 15) is 0 Å². The summed E-state index contributed by atoms with van der Waals surface area (Å²) < 4.78 is 6.82. The lowest BCUT2D eigenvalue weighted by atomic mass is 9.80. The molecule has 3 rings (SSSR count). The molecule has 1 fully saturated rings. The van der Waals surface area contributed by atoms with E-state index in [-0.39, 0.29) is 24.0 Å². The molecule has 3 nitrogen and oxygen atoms in total. The number of piperazine rings is 1. The summed E-state index contributed by atoms with van der Waals surface area (Å²) in [5.74, 6) is 1.84. The van der Waals surface area contributed by atoms with Crippen molar-refractivity contribution >= 4 is 0 Å². The van der Waals surface area contributed by atoms with Gasteiger partial charge in [0.2, 0.25) is 0 Å². The Kier molecular flexibility index (Phi) is 7.17. The van der Waals surface area contributed by atoms with Crippen LogP contribution >= 0.6 is 0 Å². The highest BCUT2D eigenvalue weighted by Gasteiger charge is 2.26. The van der Waals surface area contributed by atoms with Gasteiger partial charge in [-0.2, -0.15) is 0 Å². The number of likely N-dealkylation sites (N-methyl/N-ethyl adjacent to an activating group) is 1. The zero-order chi connectivity index (χ0) is 15.4. The van der Waals surface area contributed by atoms with E-state index >= 15 is 0 Å². The number of ether oxygens (including phenoxy) is 1. The molecular weight excluding hydrogens is 399 g/mol. The van der Waals surface area contributed by atoms with Crippen LogP contribution in [0.15, 0.2) is 18.2 Å². The van der Waals surface area contributed by atoms with Crippen molar-refractivity contribution < 1.29 is 33.2 Å². The van der Waals surface area contributed by atoms with Gasteiger partial charge in [-0.1, -0.05) is 12.1 Å². The average molecular weight is 430 g/mol. The summed E-state index contributed by atoms with van der Waals surface area (Å²) in [6.07, 6.45) is 6.54. The molecule has 2 aliphatic rings. The quantitative estimate of drug-likeness (QED) is 0.523. The number of nitrogens with one attached hydrogen (secondary N) is 1. The summed E-state index contributed by atoms with van der Waals surface area (Å²) in [6, 6.07) is 6.62. The average Bonchev–Trinajstić information content (AvgIpc) is 2.55. The summed E-state index contributed by atoms with van der Waals surface area (Å²) in [5.41, 5.74) is 3.04. The van der Waals surface area contributed by atoms with Crippen LogP contribution in [0.5, 0.6) is 5.75 Å². The Hall–Kier alpha value is -0.330. The third-order valence-electron chi connectivity index (χ3n) is 5.72. The van der Waals surface area contributed by atoms with Gasteiger partial charge in [-0.25, -0.2) is 0 Å². The minimum Gasteiger partial charge on any atom is -1.00 e. The lowest BCUT2D eigenvalue weighted by Crippen LogP contribution is -3.00. The molecule has 1 aliphatic heterocycles. The molecule has 0 amide bonds. The number of halogens is 1. The van der Waals surface area contributed by atoms with E-state index in [1.54, 1.807) is 12.7 Å². The standard InChI is InChI=1S/C19H31N2O.HI/c1-21(14-11-20-12-15-21)13-5-7-16-6-3-9-18-17(16)8-4-10-19(18)22-2;/h4,8,10,16,20H,3,5-7,9,11-15H2,1-2H3;1H/q+1;/p-1. The fourth-order valence-corrected chi connectivity index (χ4v) is 4.28. The Labute approximate surface area is 158 Å². The van der Waals surface area contributed by atoms with Crippen LogP contribution in [-0.2, 0) is 6.42 Å². The second-order valence-corrected chi connectivity index (χ2v) is 7.30. The molecule has 4 heteroatoms. The van der Waals surface area contributed by atoms with Crippen LogP contribution in [0, 0.1) is 0 Å². The fourth-order valence-electron chi connectivity index (χ4n) is 4.28. The first-order valence-corrected chi connectivity index (χ1v) is 8.92. The lowest BCUT2D eigenvalue weighted by molar-refractivity contribution is -0.911. The molecule has 1 aromatic rings. The van der Waals surface area contributed by atoms with Gasteiger partial charge in [-0.3, -0.25) is 0 Å². The Balaban J connectivity index is 0.00000192. The Bertz CT molecular complexity index is 500. The number of benzene rings is 1. The molecule has 130 valence electrons. The number of quaternary nitrogens is 1. The smallest absolute Gasteiger partial charge is 0.122 e. The predicted molar refractivity (Wildman–Crippen MR) is 91.6 cm³/mol. The molecule has 1 unspecified atom stereocenters. The molecule has 0 aromatic heterocycles. The van der Waals surface area contributed by atoms with Crippen LogP contribution in [-0.4, -0.2) is 51.4 Å². The maximum atomic E-state index is 5.57. The first-order valence-electron chi connectivity index (χ1n) is 8.92. The third kappa shape index (κ3) is 4.60. The van der Waals surface area contributed by atoms with Gasteiger partial charge in [0.1, 0.15) is 5.75 Å². The normalized spacial score (nSPS) is 22.8.